The van der Waals surface area contributed by atoms with Gasteiger partial charge in [0.2, 0.25) is 0 Å². The first-order valence-corrected chi connectivity index (χ1v) is 8.42. The van der Waals surface area contributed by atoms with E-state index in [-0.39, 0.29) is 12.0 Å². The highest BCUT2D eigenvalue weighted by Crippen LogP contribution is 2.28. The molecule has 0 aliphatic carbocycles. The molecule has 1 aromatic heterocycles. The second-order valence-electron chi connectivity index (χ2n) is 5.52. The van der Waals surface area contributed by atoms with E-state index < -0.39 is 0 Å². The molecule has 1 aromatic carbocycles. The van der Waals surface area contributed by atoms with Crippen molar-refractivity contribution in [3.8, 4) is 5.75 Å². The lowest BCUT2D eigenvalue weighted by Crippen LogP contribution is -2.41. The smallest absolute Gasteiger partial charge is 0.263 e. The average Bonchev–Trinajstić information content (AvgIpc) is 3.01. The Morgan fingerprint density at radius 1 is 1.45 bits per heavy atom. The Bertz CT molecular complexity index is 668. The molecule has 0 fully saturated rings. The van der Waals surface area contributed by atoms with E-state index in [4.69, 9.17) is 4.74 Å². The lowest BCUT2D eigenvalue weighted by Gasteiger charge is -2.28. The van der Waals surface area contributed by atoms with Gasteiger partial charge in [0.05, 0.1) is 6.54 Å². The fourth-order valence-corrected chi connectivity index (χ4v) is 3.53. The van der Waals surface area contributed by atoms with Crippen molar-refractivity contribution in [3.05, 3.63) is 45.9 Å². The van der Waals surface area contributed by atoms with Gasteiger partial charge in [-0.1, -0.05) is 25.1 Å². The molecule has 2 aromatic rings. The van der Waals surface area contributed by atoms with Crippen LogP contribution in [0, 0.1) is 0 Å². The Hall–Kier alpha value is -1.88. The van der Waals surface area contributed by atoms with Crippen LogP contribution in [0.3, 0.4) is 0 Å². The van der Waals surface area contributed by atoms with Gasteiger partial charge < -0.3 is 9.64 Å². The number of carbonyl (C=O) groups is 1. The minimum atomic E-state index is -0.384. The molecule has 0 N–H and O–H groups in total. The lowest BCUT2D eigenvalue weighted by atomic mass is 10.0. The van der Waals surface area contributed by atoms with E-state index in [9.17, 15) is 4.79 Å². The molecule has 0 saturated heterocycles. The molecule has 1 aliphatic heterocycles. The molecule has 116 valence electrons. The van der Waals surface area contributed by atoms with Gasteiger partial charge >= 0.3 is 0 Å². The number of hydrogen-bond donors (Lipinski definition) is 0. The fraction of sp³-hybridized carbons (Fsp3) is 0.412. The minimum Gasteiger partial charge on any atom is -0.480 e. The maximum absolute atomic E-state index is 12.6. The average molecular weight is 316 g/mol. The SMILES string of the molecule is CCc1cnc(CN(C)C(=O)C2CCc3ccccc3O2)s1. The summed E-state index contributed by atoms with van der Waals surface area (Å²) in [5.41, 5.74) is 1.18. The van der Waals surface area contributed by atoms with E-state index in [1.807, 2.05) is 31.4 Å². The van der Waals surface area contributed by atoms with Crippen LogP contribution in [0.4, 0.5) is 0 Å². The second kappa shape index (κ2) is 6.48. The summed E-state index contributed by atoms with van der Waals surface area (Å²) < 4.78 is 5.87. The van der Waals surface area contributed by atoms with Crippen molar-refractivity contribution in [3.63, 3.8) is 0 Å². The molecular formula is C17H20N2O2S. The Kier molecular flexibility index (Phi) is 4.43. The van der Waals surface area contributed by atoms with Crippen LogP contribution in [0.5, 0.6) is 5.75 Å². The third-order valence-electron chi connectivity index (χ3n) is 3.89. The number of ether oxygens (including phenoxy) is 1. The third-order valence-corrected chi connectivity index (χ3v) is 5.02. The van der Waals surface area contributed by atoms with Crippen LogP contribution < -0.4 is 4.74 Å². The Balaban J connectivity index is 1.64. The standard InChI is InChI=1S/C17H20N2O2S/c1-3-13-10-18-16(22-13)11-19(2)17(20)15-9-8-12-6-4-5-7-14(12)21-15/h4-7,10,15H,3,8-9,11H2,1-2H3. The van der Waals surface area contributed by atoms with Gasteiger partial charge in [0, 0.05) is 18.1 Å². The predicted molar refractivity (Wildman–Crippen MR) is 87.1 cm³/mol. The summed E-state index contributed by atoms with van der Waals surface area (Å²) in [6.07, 6.45) is 4.12. The topological polar surface area (TPSA) is 42.4 Å². The van der Waals surface area contributed by atoms with E-state index in [1.165, 1.54) is 10.4 Å². The van der Waals surface area contributed by atoms with E-state index in [0.717, 1.165) is 30.0 Å². The summed E-state index contributed by atoms with van der Waals surface area (Å²) >= 11 is 1.67. The van der Waals surface area contributed by atoms with E-state index >= 15 is 0 Å². The molecule has 1 atom stereocenters. The number of aromatic nitrogens is 1. The Morgan fingerprint density at radius 3 is 3.05 bits per heavy atom. The van der Waals surface area contributed by atoms with E-state index in [0.29, 0.717) is 6.54 Å². The van der Waals surface area contributed by atoms with Crippen LogP contribution in [-0.4, -0.2) is 28.9 Å². The van der Waals surface area contributed by atoms with Crippen molar-refractivity contribution in [1.29, 1.82) is 0 Å². The molecule has 4 nitrogen and oxygen atoms in total. The van der Waals surface area contributed by atoms with Crippen molar-refractivity contribution >= 4 is 17.2 Å². The molecule has 22 heavy (non-hydrogen) atoms. The summed E-state index contributed by atoms with van der Waals surface area (Å²) in [6, 6.07) is 7.94. The molecule has 0 saturated carbocycles. The van der Waals surface area contributed by atoms with Crippen LogP contribution in [0.25, 0.3) is 0 Å². The number of rotatable bonds is 4. The van der Waals surface area contributed by atoms with E-state index in [1.54, 1.807) is 16.2 Å². The number of thiazole rings is 1. The van der Waals surface area contributed by atoms with Crippen molar-refractivity contribution in [1.82, 2.24) is 9.88 Å². The number of para-hydroxylation sites is 1. The number of likely N-dealkylation sites (N-methyl/N-ethyl adjacent to an activating group) is 1. The third kappa shape index (κ3) is 3.14. The summed E-state index contributed by atoms with van der Waals surface area (Å²) in [7, 11) is 1.82. The molecular weight excluding hydrogens is 296 g/mol. The van der Waals surface area contributed by atoms with Crippen LogP contribution in [0.1, 0.15) is 28.8 Å². The summed E-state index contributed by atoms with van der Waals surface area (Å²) in [6.45, 7) is 2.66. The second-order valence-corrected chi connectivity index (χ2v) is 6.72. The van der Waals surface area contributed by atoms with Gasteiger partial charge in [0.15, 0.2) is 6.10 Å². The first kappa shape index (κ1) is 15.0. The maximum Gasteiger partial charge on any atom is 0.263 e. The van der Waals surface area contributed by atoms with Gasteiger partial charge in [-0.05, 0) is 30.9 Å². The molecule has 3 rings (SSSR count). The number of benzene rings is 1. The lowest BCUT2D eigenvalue weighted by molar-refractivity contribution is -0.138. The molecule has 0 spiro atoms. The van der Waals surface area contributed by atoms with Gasteiger partial charge in [-0.3, -0.25) is 4.79 Å². The highest BCUT2D eigenvalue weighted by molar-refractivity contribution is 7.11. The number of aryl methyl sites for hydroxylation is 2. The zero-order chi connectivity index (χ0) is 15.5. The highest BCUT2D eigenvalue weighted by atomic mass is 32.1. The first-order chi connectivity index (χ1) is 10.7. The molecule has 0 radical (unpaired) electrons. The minimum absolute atomic E-state index is 0.0303. The molecule has 1 aliphatic rings. The quantitative estimate of drug-likeness (QED) is 0.870. The predicted octanol–water partition coefficient (Wildman–Crippen LogP) is 3.06. The van der Waals surface area contributed by atoms with Gasteiger partial charge in [-0.15, -0.1) is 11.3 Å². The van der Waals surface area contributed by atoms with E-state index in [2.05, 4.69) is 18.0 Å². The Labute approximate surface area is 134 Å². The number of nitrogens with zero attached hydrogens (tertiary/aromatic N) is 2. The first-order valence-electron chi connectivity index (χ1n) is 7.60. The normalized spacial score (nSPS) is 16.7. The fourth-order valence-electron chi connectivity index (χ4n) is 2.61. The van der Waals surface area contributed by atoms with Crippen molar-refractivity contribution in [2.75, 3.05) is 7.05 Å². The number of carbonyl (C=O) groups excluding carboxylic acids is 1. The van der Waals surface area contributed by atoms with Crippen LogP contribution in [-0.2, 0) is 24.2 Å². The van der Waals surface area contributed by atoms with Crippen molar-refractivity contribution in [2.24, 2.45) is 0 Å². The van der Waals surface area contributed by atoms with Gasteiger partial charge in [0.25, 0.3) is 5.91 Å². The molecule has 0 bridgehead atoms. The summed E-state index contributed by atoms with van der Waals surface area (Å²) in [5, 5.41) is 0.976. The van der Waals surface area contributed by atoms with Gasteiger partial charge in [0.1, 0.15) is 10.8 Å². The number of hydrogen-bond acceptors (Lipinski definition) is 4. The Morgan fingerprint density at radius 2 is 2.27 bits per heavy atom. The van der Waals surface area contributed by atoms with Crippen LogP contribution in [0.15, 0.2) is 30.5 Å². The molecule has 1 amide bonds. The highest BCUT2D eigenvalue weighted by Gasteiger charge is 2.28. The van der Waals surface area contributed by atoms with Gasteiger partial charge in [-0.25, -0.2) is 4.98 Å². The maximum atomic E-state index is 12.6. The molecule has 1 unspecified atom stereocenters. The van der Waals surface area contributed by atoms with Crippen LogP contribution in [0.2, 0.25) is 0 Å². The zero-order valence-electron chi connectivity index (χ0n) is 12.9. The van der Waals surface area contributed by atoms with Crippen molar-refractivity contribution in [2.45, 2.75) is 38.8 Å². The molecule has 5 heteroatoms. The van der Waals surface area contributed by atoms with Crippen molar-refractivity contribution < 1.29 is 9.53 Å². The monoisotopic (exact) mass is 316 g/mol. The largest absolute Gasteiger partial charge is 0.480 e. The number of fused-ring (bicyclic) bond motifs is 1. The summed E-state index contributed by atoms with van der Waals surface area (Å²) in [4.78, 5) is 19.9. The van der Waals surface area contributed by atoms with Gasteiger partial charge in [-0.2, -0.15) is 0 Å². The van der Waals surface area contributed by atoms with Crippen LogP contribution >= 0.6 is 11.3 Å². The number of amides is 1. The molecule has 2 heterocycles. The zero-order valence-corrected chi connectivity index (χ0v) is 13.7. The summed E-state index contributed by atoms with van der Waals surface area (Å²) in [5.74, 6) is 0.866.